The first-order chi connectivity index (χ1) is 13.9. The summed E-state index contributed by atoms with van der Waals surface area (Å²) in [6.45, 7) is 0. The molecule has 3 aromatic carbocycles. The van der Waals surface area contributed by atoms with Gasteiger partial charge < -0.3 is 0 Å². The van der Waals surface area contributed by atoms with Crippen LogP contribution in [-0.2, 0) is 0 Å². The summed E-state index contributed by atoms with van der Waals surface area (Å²) < 4.78 is 2.46. The summed E-state index contributed by atoms with van der Waals surface area (Å²) in [6.07, 6.45) is 6.81. The van der Waals surface area contributed by atoms with Crippen LogP contribution in [-0.4, -0.2) is 0 Å². The lowest BCUT2D eigenvalue weighted by Gasteiger charge is -2.37. The monoisotopic (exact) mass is 359 g/mol. The minimum atomic E-state index is 0.0633. The molecule has 2 nitrogen and oxygen atoms in total. The van der Waals surface area contributed by atoms with Crippen molar-refractivity contribution in [2.24, 2.45) is 0 Å². The molecule has 132 valence electrons. The van der Waals surface area contributed by atoms with E-state index in [2.05, 4.69) is 119 Å². The molecule has 2 aliphatic rings. The fraction of sp³-hybridized carbons (Fsp3) is 0.0385. The first-order valence-electron chi connectivity index (χ1n) is 9.66. The van der Waals surface area contributed by atoms with Gasteiger partial charge in [0.15, 0.2) is 0 Å². The molecule has 0 bridgehead atoms. The predicted octanol–water partition coefficient (Wildman–Crippen LogP) is 5.56. The number of aromatic nitrogens is 1. The van der Waals surface area contributed by atoms with Crippen molar-refractivity contribution in [2.75, 3.05) is 4.90 Å². The van der Waals surface area contributed by atoms with Crippen molar-refractivity contribution in [3.63, 3.8) is 0 Å². The van der Waals surface area contributed by atoms with Gasteiger partial charge in [0.1, 0.15) is 0 Å². The van der Waals surface area contributed by atoms with E-state index in [1.54, 1.807) is 0 Å². The Morgan fingerprint density at radius 1 is 0.679 bits per heavy atom. The van der Waals surface area contributed by atoms with Gasteiger partial charge in [-0.15, -0.1) is 0 Å². The number of allylic oxidation sites excluding steroid dienone is 1. The number of hydrogen-bond donors (Lipinski definition) is 0. The molecule has 3 heterocycles. The topological polar surface area (TPSA) is 7.12 Å². The standard InChI is InChI=1S/C26H19N2/c1-2-10-21(11-3-1)26-27-22(16-14-19-8-4-6-12-24(19)27)18-23-17-15-20-9-5-7-13-25(20)28(23)26/h1-18,26H/q+1. The lowest BCUT2D eigenvalue weighted by Crippen LogP contribution is -2.55. The molecule has 0 fully saturated rings. The molecule has 1 unspecified atom stereocenters. The first kappa shape index (κ1) is 15.4. The zero-order valence-corrected chi connectivity index (χ0v) is 15.4. The number of anilines is 1. The second-order valence-corrected chi connectivity index (χ2v) is 7.30. The molecule has 4 aromatic rings. The molecule has 0 amide bonds. The summed E-state index contributed by atoms with van der Waals surface area (Å²) in [4.78, 5) is 2.46. The highest BCUT2D eigenvalue weighted by Crippen LogP contribution is 2.40. The largest absolute Gasteiger partial charge is 0.278 e. The van der Waals surface area contributed by atoms with E-state index in [9.17, 15) is 0 Å². The Morgan fingerprint density at radius 2 is 1.46 bits per heavy atom. The van der Waals surface area contributed by atoms with E-state index in [1.807, 2.05) is 0 Å². The fourth-order valence-corrected chi connectivity index (χ4v) is 4.46. The summed E-state index contributed by atoms with van der Waals surface area (Å²) in [7, 11) is 0. The van der Waals surface area contributed by atoms with Crippen molar-refractivity contribution in [1.29, 1.82) is 0 Å². The van der Waals surface area contributed by atoms with Crippen LogP contribution in [0.25, 0.3) is 23.1 Å². The van der Waals surface area contributed by atoms with Gasteiger partial charge in [-0.3, -0.25) is 4.90 Å². The zero-order chi connectivity index (χ0) is 18.5. The summed E-state index contributed by atoms with van der Waals surface area (Å²) in [5.74, 6) is 0. The minimum Gasteiger partial charge on any atom is -0.278 e. The van der Waals surface area contributed by atoms with Gasteiger partial charge in [-0.2, -0.15) is 4.57 Å². The van der Waals surface area contributed by atoms with E-state index in [0.29, 0.717) is 0 Å². The summed E-state index contributed by atoms with van der Waals surface area (Å²) >= 11 is 0. The third kappa shape index (κ3) is 2.18. The van der Waals surface area contributed by atoms with Crippen LogP contribution in [0.4, 0.5) is 5.69 Å². The number of rotatable bonds is 1. The SMILES string of the molecule is C1=Cc2ccccc2N2C1=Cc1ccc3ccccc3[n+]1C2c1ccccc1. The van der Waals surface area contributed by atoms with Crippen molar-refractivity contribution < 1.29 is 4.57 Å². The molecule has 1 atom stereocenters. The second-order valence-electron chi connectivity index (χ2n) is 7.30. The van der Waals surface area contributed by atoms with E-state index < -0.39 is 0 Å². The normalized spacial score (nSPS) is 16.9. The van der Waals surface area contributed by atoms with Gasteiger partial charge in [-0.25, -0.2) is 0 Å². The molecule has 0 saturated carbocycles. The quantitative estimate of drug-likeness (QED) is 0.404. The molecular weight excluding hydrogens is 340 g/mol. The molecular formula is C26H19N2+. The Balaban J connectivity index is 1.72. The van der Waals surface area contributed by atoms with E-state index >= 15 is 0 Å². The molecule has 0 spiro atoms. The van der Waals surface area contributed by atoms with Crippen molar-refractivity contribution in [3.8, 4) is 0 Å². The van der Waals surface area contributed by atoms with Gasteiger partial charge in [0.05, 0.1) is 11.4 Å². The number of nitrogens with zero attached hydrogens (tertiary/aromatic N) is 2. The lowest BCUT2D eigenvalue weighted by atomic mass is 9.98. The van der Waals surface area contributed by atoms with E-state index in [-0.39, 0.29) is 6.17 Å². The van der Waals surface area contributed by atoms with Crippen LogP contribution >= 0.6 is 0 Å². The van der Waals surface area contributed by atoms with Gasteiger partial charge >= 0.3 is 0 Å². The van der Waals surface area contributed by atoms with Crippen LogP contribution in [0.1, 0.15) is 23.0 Å². The number of pyridine rings is 1. The molecule has 0 radical (unpaired) electrons. The van der Waals surface area contributed by atoms with E-state index in [4.69, 9.17) is 0 Å². The number of para-hydroxylation sites is 2. The fourth-order valence-electron chi connectivity index (χ4n) is 4.46. The highest BCUT2D eigenvalue weighted by Gasteiger charge is 2.39. The summed E-state index contributed by atoms with van der Waals surface area (Å²) in [5.41, 5.74) is 7.48. The van der Waals surface area contributed by atoms with Gasteiger partial charge in [-0.05, 0) is 29.8 Å². The van der Waals surface area contributed by atoms with Crippen LogP contribution in [0.3, 0.4) is 0 Å². The van der Waals surface area contributed by atoms with Gasteiger partial charge in [0.25, 0.3) is 6.17 Å². The van der Waals surface area contributed by atoms with Crippen LogP contribution in [0.2, 0.25) is 0 Å². The maximum Gasteiger partial charge on any atom is 0.265 e. The lowest BCUT2D eigenvalue weighted by molar-refractivity contribution is -0.690. The van der Waals surface area contributed by atoms with Gasteiger partial charge in [0, 0.05) is 29.2 Å². The maximum atomic E-state index is 2.46. The average Bonchev–Trinajstić information content (AvgIpc) is 2.78. The Labute approximate surface area is 164 Å². The third-order valence-electron chi connectivity index (χ3n) is 5.70. The van der Waals surface area contributed by atoms with Crippen LogP contribution in [0, 0.1) is 0 Å². The highest BCUT2D eigenvalue weighted by atomic mass is 15.3. The Bertz CT molecular complexity index is 1270. The smallest absolute Gasteiger partial charge is 0.265 e. The van der Waals surface area contributed by atoms with Crippen molar-refractivity contribution in [3.05, 3.63) is 120 Å². The van der Waals surface area contributed by atoms with Crippen molar-refractivity contribution in [2.45, 2.75) is 6.17 Å². The zero-order valence-electron chi connectivity index (χ0n) is 15.4. The van der Waals surface area contributed by atoms with Gasteiger partial charge in [0.2, 0.25) is 11.2 Å². The Morgan fingerprint density at radius 3 is 2.39 bits per heavy atom. The summed E-state index contributed by atoms with van der Waals surface area (Å²) in [5, 5.41) is 1.25. The third-order valence-corrected chi connectivity index (χ3v) is 5.70. The Kier molecular flexibility index (Phi) is 3.26. The second kappa shape index (κ2) is 5.93. The van der Waals surface area contributed by atoms with Crippen molar-refractivity contribution >= 4 is 28.7 Å². The van der Waals surface area contributed by atoms with E-state index in [1.165, 1.54) is 39.1 Å². The highest BCUT2D eigenvalue weighted by molar-refractivity contribution is 5.82. The predicted molar refractivity (Wildman–Crippen MR) is 115 cm³/mol. The number of benzene rings is 3. The number of hydrogen-bond acceptors (Lipinski definition) is 1. The molecule has 2 aliphatic heterocycles. The molecule has 6 rings (SSSR count). The van der Waals surface area contributed by atoms with Crippen LogP contribution in [0.15, 0.2) is 103 Å². The average molecular weight is 359 g/mol. The van der Waals surface area contributed by atoms with Gasteiger partial charge in [-0.1, -0.05) is 66.7 Å². The Hall–Kier alpha value is -3.65. The van der Waals surface area contributed by atoms with Crippen LogP contribution in [0.5, 0.6) is 0 Å². The van der Waals surface area contributed by atoms with E-state index in [0.717, 1.165) is 0 Å². The van der Waals surface area contributed by atoms with Crippen molar-refractivity contribution in [1.82, 2.24) is 0 Å². The number of fused-ring (bicyclic) bond motifs is 6. The molecule has 2 heteroatoms. The molecule has 0 N–H and O–H groups in total. The molecule has 28 heavy (non-hydrogen) atoms. The van der Waals surface area contributed by atoms with Crippen LogP contribution < -0.4 is 9.47 Å². The minimum absolute atomic E-state index is 0.0633. The first-order valence-corrected chi connectivity index (χ1v) is 9.66. The molecule has 1 aromatic heterocycles. The molecule has 0 saturated heterocycles. The maximum absolute atomic E-state index is 2.46. The summed E-state index contributed by atoms with van der Waals surface area (Å²) in [6, 6.07) is 32.5. The molecule has 0 aliphatic carbocycles.